The van der Waals surface area contributed by atoms with Gasteiger partial charge in [0.1, 0.15) is 5.75 Å². The van der Waals surface area contributed by atoms with Crippen LogP contribution in [0.15, 0.2) is 12.3 Å². The van der Waals surface area contributed by atoms with Gasteiger partial charge in [-0.25, -0.2) is 4.98 Å². The average molecular weight is 197 g/mol. The van der Waals surface area contributed by atoms with Crippen LogP contribution in [-0.2, 0) is 6.42 Å². The second-order valence-electron chi connectivity index (χ2n) is 3.05. The van der Waals surface area contributed by atoms with Crippen molar-refractivity contribution in [3.05, 3.63) is 17.8 Å². The number of aliphatic hydroxyl groups excluding tert-OH is 1. The van der Waals surface area contributed by atoms with E-state index in [0.29, 0.717) is 18.1 Å². The van der Waals surface area contributed by atoms with Crippen molar-refractivity contribution in [1.29, 1.82) is 0 Å². The average Bonchev–Trinajstić information content (AvgIpc) is 2.17. The molecule has 1 atom stereocenters. The van der Waals surface area contributed by atoms with Gasteiger partial charge in [0.25, 0.3) is 0 Å². The zero-order valence-electron chi connectivity index (χ0n) is 8.65. The first-order valence-electron chi connectivity index (χ1n) is 4.43. The minimum atomic E-state index is -0.443. The summed E-state index contributed by atoms with van der Waals surface area (Å²) in [6.07, 6.45) is 1.64. The minimum Gasteiger partial charge on any atom is -0.496 e. The van der Waals surface area contributed by atoms with Crippen LogP contribution in [0.5, 0.6) is 11.6 Å². The highest BCUT2D eigenvalue weighted by Crippen LogP contribution is 2.26. The standard InChI is InChI=1S/C10H15NO3/c1-7(12)6-8-9(13-2)4-5-11-10(8)14-3/h4-5,7,12H,6H2,1-3H3/t7-/m0/s1. The van der Waals surface area contributed by atoms with Crippen molar-refractivity contribution in [1.82, 2.24) is 4.98 Å². The summed E-state index contributed by atoms with van der Waals surface area (Å²) in [6.45, 7) is 1.71. The lowest BCUT2D eigenvalue weighted by atomic mass is 10.1. The number of rotatable bonds is 4. The van der Waals surface area contributed by atoms with Gasteiger partial charge in [-0.15, -0.1) is 0 Å². The Morgan fingerprint density at radius 2 is 2.14 bits per heavy atom. The van der Waals surface area contributed by atoms with E-state index in [0.717, 1.165) is 5.56 Å². The van der Waals surface area contributed by atoms with Crippen LogP contribution in [0.4, 0.5) is 0 Å². The Morgan fingerprint density at radius 1 is 1.43 bits per heavy atom. The Bertz CT molecular complexity index is 277. The molecule has 0 aromatic carbocycles. The topological polar surface area (TPSA) is 51.6 Å². The molecule has 0 aliphatic carbocycles. The molecule has 1 N–H and O–H groups in total. The molecule has 0 bridgehead atoms. The Kier molecular flexibility index (Phi) is 3.71. The Hall–Kier alpha value is -1.29. The molecule has 0 fully saturated rings. The highest BCUT2D eigenvalue weighted by Gasteiger charge is 2.12. The van der Waals surface area contributed by atoms with E-state index in [1.54, 1.807) is 33.4 Å². The summed E-state index contributed by atoms with van der Waals surface area (Å²) in [5.41, 5.74) is 0.799. The summed E-state index contributed by atoms with van der Waals surface area (Å²) in [4.78, 5) is 4.05. The molecule has 4 nitrogen and oxygen atoms in total. The van der Waals surface area contributed by atoms with Crippen molar-refractivity contribution in [3.63, 3.8) is 0 Å². The van der Waals surface area contributed by atoms with Crippen molar-refractivity contribution < 1.29 is 14.6 Å². The molecule has 1 heterocycles. The summed E-state index contributed by atoms with van der Waals surface area (Å²) < 4.78 is 10.2. The smallest absolute Gasteiger partial charge is 0.220 e. The Morgan fingerprint density at radius 3 is 2.64 bits per heavy atom. The summed E-state index contributed by atoms with van der Waals surface area (Å²) in [6, 6.07) is 1.75. The molecule has 78 valence electrons. The second-order valence-corrected chi connectivity index (χ2v) is 3.05. The molecule has 1 rings (SSSR count). The first-order chi connectivity index (χ1) is 6.69. The Balaban J connectivity index is 3.05. The van der Waals surface area contributed by atoms with Crippen LogP contribution in [0, 0.1) is 0 Å². The molecule has 0 saturated carbocycles. The van der Waals surface area contributed by atoms with Crippen molar-refractivity contribution in [2.45, 2.75) is 19.4 Å². The first kappa shape index (κ1) is 10.8. The fraction of sp³-hybridized carbons (Fsp3) is 0.500. The third-order valence-corrected chi connectivity index (χ3v) is 1.89. The lowest BCUT2D eigenvalue weighted by Gasteiger charge is -2.12. The molecule has 0 unspecified atom stereocenters. The van der Waals surface area contributed by atoms with E-state index >= 15 is 0 Å². The van der Waals surface area contributed by atoms with E-state index in [9.17, 15) is 5.11 Å². The van der Waals surface area contributed by atoms with E-state index in [1.165, 1.54) is 0 Å². The second kappa shape index (κ2) is 4.81. The van der Waals surface area contributed by atoms with Gasteiger partial charge in [0, 0.05) is 12.6 Å². The number of pyridine rings is 1. The van der Waals surface area contributed by atoms with Crippen molar-refractivity contribution in [3.8, 4) is 11.6 Å². The van der Waals surface area contributed by atoms with Gasteiger partial charge in [0.15, 0.2) is 0 Å². The minimum absolute atomic E-state index is 0.443. The zero-order valence-corrected chi connectivity index (χ0v) is 8.65. The highest BCUT2D eigenvalue weighted by molar-refractivity contribution is 5.40. The third-order valence-electron chi connectivity index (χ3n) is 1.89. The fourth-order valence-corrected chi connectivity index (χ4v) is 1.31. The van der Waals surface area contributed by atoms with Gasteiger partial charge in [0.2, 0.25) is 5.88 Å². The van der Waals surface area contributed by atoms with E-state index in [1.807, 2.05) is 0 Å². The number of aliphatic hydroxyl groups is 1. The first-order valence-corrected chi connectivity index (χ1v) is 4.43. The predicted molar refractivity (Wildman–Crippen MR) is 52.7 cm³/mol. The zero-order chi connectivity index (χ0) is 10.6. The van der Waals surface area contributed by atoms with E-state index in [4.69, 9.17) is 9.47 Å². The number of hydrogen-bond acceptors (Lipinski definition) is 4. The molecular formula is C10H15NO3. The monoisotopic (exact) mass is 197 g/mol. The summed E-state index contributed by atoms with van der Waals surface area (Å²) in [7, 11) is 3.13. The lowest BCUT2D eigenvalue weighted by molar-refractivity contribution is 0.192. The van der Waals surface area contributed by atoms with Gasteiger partial charge in [-0.2, -0.15) is 0 Å². The maximum atomic E-state index is 9.31. The number of hydrogen-bond donors (Lipinski definition) is 1. The molecule has 1 aromatic rings. The largest absolute Gasteiger partial charge is 0.496 e. The molecular weight excluding hydrogens is 182 g/mol. The van der Waals surface area contributed by atoms with E-state index < -0.39 is 6.10 Å². The molecule has 0 saturated heterocycles. The van der Waals surface area contributed by atoms with Gasteiger partial charge in [-0.05, 0) is 13.0 Å². The van der Waals surface area contributed by atoms with Crippen LogP contribution >= 0.6 is 0 Å². The molecule has 0 amide bonds. The summed E-state index contributed by atoms with van der Waals surface area (Å²) in [5, 5.41) is 9.31. The number of nitrogens with zero attached hydrogens (tertiary/aromatic N) is 1. The molecule has 0 aliphatic heterocycles. The van der Waals surface area contributed by atoms with Crippen LogP contribution < -0.4 is 9.47 Å². The van der Waals surface area contributed by atoms with E-state index in [-0.39, 0.29) is 0 Å². The normalized spacial score (nSPS) is 12.3. The van der Waals surface area contributed by atoms with Gasteiger partial charge in [-0.3, -0.25) is 0 Å². The summed E-state index contributed by atoms with van der Waals surface area (Å²) in [5.74, 6) is 1.20. The van der Waals surface area contributed by atoms with E-state index in [2.05, 4.69) is 4.98 Å². The maximum absolute atomic E-state index is 9.31. The quantitative estimate of drug-likeness (QED) is 0.783. The molecule has 4 heteroatoms. The molecule has 0 radical (unpaired) electrons. The molecule has 14 heavy (non-hydrogen) atoms. The van der Waals surface area contributed by atoms with Crippen LogP contribution in [0.25, 0.3) is 0 Å². The molecule has 1 aromatic heterocycles. The number of methoxy groups -OCH3 is 2. The SMILES string of the molecule is COc1ccnc(OC)c1C[C@H](C)O. The molecule has 0 aliphatic rings. The van der Waals surface area contributed by atoms with Gasteiger partial charge >= 0.3 is 0 Å². The van der Waals surface area contributed by atoms with Crippen LogP contribution in [0.2, 0.25) is 0 Å². The summed E-state index contributed by atoms with van der Waals surface area (Å²) >= 11 is 0. The predicted octanol–water partition coefficient (Wildman–Crippen LogP) is 1.02. The fourth-order valence-electron chi connectivity index (χ4n) is 1.31. The maximum Gasteiger partial charge on any atom is 0.220 e. The van der Waals surface area contributed by atoms with Crippen molar-refractivity contribution in [2.75, 3.05) is 14.2 Å². The van der Waals surface area contributed by atoms with Gasteiger partial charge in [0.05, 0.1) is 25.9 Å². The Labute approximate surface area is 83.5 Å². The number of aromatic nitrogens is 1. The van der Waals surface area contributed by atoms with Crippen LogP contribution in [0.3, 0.4) is 0 Å². The van der Waals surface area contributed by atoms with Crippen molar-refractivity contribution in [2.24, 2.45) is 0 Å². The third kappa shape index (κ3) is 2.35. The number of ether oxygens (including phenoxy) is 2. The highest BCUT2D eigenvalue weighted by atomic mass is 16.5. The molecule has 0 spiro atoms. The van der Waals surface area contributed by atoms with Gasteiger partial charge < -0.3 is 14.6 Å². The van der Waals surface area contributed by atoms with Crippen molar-refractivity contribution >= 4 is 0 Å². The van der Waals surface area contributed by atoms with Gasteiger partial charge in [-0.1, -0.05) is 0 Å². The van der Waals surface area contributed by atoms with Crippen LogP contribution in [0.1, 0.15) is 12.5 Å². The lowest BCUT2D eigenvalue weighted by Crippen LogP contribution is -2.08. The van der Waals surface area contributed by atoms with Crippen LogP contribution in [-0.4, -0.2) is 30.4 Å².